The molecule has 9 heteroatoms. The van der Waals surface area contributed by atoms with Gasteiger partial charge >= 0.3 is 6.09 Å². The predicted molar refractivity (Wildman–Crippen MR) is 120 cm³/mol. The molecule has 5 rings (SSSR count). The molecule has 4 aromatic heterocycles. The monoisotopic (exact) mass is 442 g/mol. The normalized spacial score (nSPS) is 13.3. The largest absolute Gasteiger partial charge is 0.494 e. The Balaban J connectivity index is 1.25. The molecule has 0 saturated carbocycles. The van der Waals surface area contributed by atoms with Crippen LogP contribution in [0.5, 0.6) is 5.75 Å². The minimum Gasteiger partial charge on any atom is -0.494 e. The highest BCUT2D eigenvalue weighted by Crippen LogP contribution is 2.29. The molecule has 33 heavy (non-hydrogen) atoms. The van der Waals surface area contributed by atoms with Crippen molar-refractivity contribution in [3.05, 3.63) is 66.5 Å². The summed E-state index contributed by atoms with van der Waals surface area (Å²) in [5.41, 5.74) is 4.38. The van der Waals surface area contributed by atoms with Gasteiger partial charge in [0.15, 0.2) is 0 Å². The number of ether oxygens (including phenoxy) is 2. The minimum atomic E-state index is -0.336. The van der Waals surface area contributed by atoms with E-state index in [0.717, 1.165) is 27.8 Å². The summed E-state index contributed by atoms with van der Waals surface area (Å²) in [6.07, 6.45) is 10.4. The van der Waals surface area contributed by atoms with Crippen molar-refractivity contribution in [3.63, 3.8) is 0 Å². The van der Waals surface area contributed by atoms with Gasteiger partial charge in [0.2, 0.25) is 0 Å². The Morgan fingerprint density at radius 2 is 2.06 bits per heavy atom. The number of methoxy groups -OCH3 is 1. The fourth-order valence-electron chi connectivity index (χ4n) is 3.68. The van der Waals surface area contributed by atoms with Crippen LogP contribution in [0.4, 0.5) is 4.79 Å². The van der Waals surface area contributed by atoms with Crippen LogP contribution in [-0.4, -0.2) is 55.6 Å². The molecule has 0 spiro atoms. The highest BCUT2D eigenvalue weighted by molar-refractivity contribution is 5.75. The number of rotatable bonds is 4. The topological polar surface area (TPSA) is 86.8 Å². The summed E-state index contributed by atoms with van der Waals surface area (Å²) in [6, 6.07) is 5.64. The van der Waals surface area contributed by atoms with Crippen molar-refractivity contribution in [3.8, 4) is 28.7 Å². The zero-order chi connectivity index (χ0) is 22.8. The molecule has 0 atom stereocenters. The lowest BCUT2D eigenvalue weighted by Gasteiger charge is -2.35. The second-order valence-corrected chi connectivity index (χ2v) is 7.84. The highest BCUT2D eigenvalue weighted by Gasteiger charge is 2.30. The summed E-state index contributed by atoms with van der Waals surface area (Å²) in [4.78, 5) is 17.8. The number of carbonyl (C=O) groups is 1. The standard InChI is InChI=1S/C24H22N6O3/c1-28-14-21(11-26-28)20-8-22(32-2)23-19(10-27-30(23)15-20)6-5-18-12-29(13-18)24(31)33-16-17-4-3-7-25-9-17/h3-4,7-11,14-15,18H,12-13,16H2,1-2H3. The third kappa shape index (κ3) is 4.23. The van der Waals surface area contributed by atoms with Crippen LogP contribution in [-0.2, 0) is 18.4 Å². The molecule has 1 fully saturated rings. The quantitative estimate of drug-likeness (QED) is 0.452. The van der Waals surface area contributed by atoms with Crippen LogP contribution in [0.25, 0.3) is 16.6 Å². The van der Waals surface area contributed by atoms with Crippen LogP contribution < -0.4 is 4.74 Å². The van der Waals surface area contributed by atoms with Gasteiger partial charge in [-0.2, -0.15) is 10.2 Å². The third-order valence-electron chi connectivity index (χ3n) is 5.47. The third-order valence-corrected chi connectivity index (χ3v) is 5.47. The average molecular weight is 442 g/mol. The molecule has 1 aliphatic rings. The van der Waals surface area contributed by atoms with Crippen LogP contribution in [0.15, 0.2) is 55.4 Å². The summed E-state index contributed by atoms with van der Waals surface area (Å²) in [5.74, 6) is 7.23. The van der Waals surface area contributed by atoms with Crippen molar-refractivity contribution in [2.24, 2.45) is 13.0 Å². The first-order valence-electron chi connectivity index (χ1n) is 10.5. The number of hydrogen-bond acceptors (Lipinski definition) is 6. The van der Waals surface area contributed by atoms with E-state index < -0.39 is 0 Å². The number of likely N-dealkylation sites (tertiary alicyclic amines) is 1. The molecule has 166 valence electrons. The maximum Gasteiger partial charge on any atom is 0.410 e. The van der Waals surface area contributed by atoms with Gasteiger partial charge in [-0.25, -0.2) is 9.31 Å². The highest BCUT2D eigenvalue weighted by atomic mass is 16.6. The van der Waals surface area contributed by atoms with Gasteiger partial charge in [-0.05, 0) is 12.1 Å². The van der Waals surface area contributed by atoms with E-state index in [4.69, 9.17) is 9.47 Å². The molecule has 0 unspecified atom stereocenters. The molecule has 1 amide bonds. The van der Waals surface area contributed by atoms with Crippen molar-refractivity contribution in [2.75, 3.05) is 20.2 Å². The lowest BCUT2D eigenvalue weighted by molar-refractivity contribution is 0.0623. The lowest BCUT2D eigenvalue weighted by Crippen LogP contribution is -2.49. The Morgan fingerprint density at radius 3 is 2.79 bits per heavy atom. The SMILES string of the molecule is COc1cc(-c2cnn(C)c2)cn2ncc(C#CC3CN(C(=O)OCc4cccnc4)C3)c12. The van der Waals surface area contributed by atoms with Crippen molar-refractivity contribution < 1.29 is 14.3 Å². The molecule has 0 radical (unpaired) electrons. The van der Waals surface area contributed by atoms with E-state index in [9.17, 15) is 4.79 Å². The maximum absolute atomic E-state index is 12.2. The zero-order valence-electron chi connectivity index (χ0n) is 18.3. The van der Waals surface area contributed by atoms with Gasteiger partial charge in [0.25, 0.3) is 0 Å². The Bertz CT molecular complexity index is 1360. The van der Waals surface area contributed by atoms with Gasteiger partial charge in [0.1, 0.15) is 17.9 Å². The number of aromatic nitrogens is 5. The van der Waals surface area contributed by atoms with Crippen LogP contribution in [0.2, 0.25) is 0 Å². The minimum absolute atomic E-state index is 0.0894. The van der Waals surface area contributed by atoms with Crippen molar-refractivity contribution >= 4 is 11.6 Å². The van der Waals surface area contributed by atoms with Gasteiger partial charge in [-0.15, -0.1) is 0 Å². The van der Waals surface area contributed by atoms with Gasteiger partial charge in [-0.1, -0.05) is 17.9 Å². The van der Waals surface area contributed by atoms with Crippen LogP contribution >= 0.6 is 0 Å². The summed E-state index contributed by atoms with van der Waals surface area (Å²) >= 11 is 0. The second kappa shape index (κ2) is 8.67. The van der Waals surface area contributed by atoms with E-state index in [0.29, 0.717) is 18.8 Å². The molecule has 0 bridgehead atoms. The lowest BCUT2D eigenvalue weighted by atomic mass is 10.0. The van der Waals surface area contributed by atoms with Gasteiger partial charge in [0, 0.05) is 61.6 Å². The number of pyridine rings is 2. The molecule has 9 nitrogen and oxygen atoms in total. The first-order valence-corrected chi connectivity index (χ1v) is 10.5. The van der Waals surface area contributed by atoms with Crippen LogP contribution in [0, 0.1) is 17.8 Å². The van der Waals surface area contributed by atoms with Crippen LogP contribution in [0.3, 0.4) is 0 Å². The Kier molecular flexibility index (Phi) is 5.40. The number of fused-ring (bicyclic) bond motifs is 1. The van der Waals surface area contributed by atoms with E-state index >= 15 is 0 Å². The van der Waals surface area contributed by atoms with Crippen molar-refractivity contribution in [1.82, 2.24) is 29.3 Å². The summed E-state index contributed by atoms with van der Waals surface area (Å²) in [5, 5.41) is 8.68. The number of carbonyl (C=O) groups excluding carboxylic acids is 1. The second-order valence-electron chi connectivity index (χ2n) is 7.84. The summed E-state index contributed by atoms with van der Waals surface area (Å²) in [6.45, 7) is 1.30. The molecule has 0 aliphatic carbocycles. The molecule has 1 saturated heterocycles. The average Bonchev–Trinajstić information content (AvgIpc) is 3.43. The number of amides is 1. The van der Waals surface area contributed by atoms with E-state index in [1.165, 1.54) is 0 Å². The van der Waals surface area contributed by atoms with Crippen molar-refractivity contribution in [2.45, 2.75) is 6.61 Å². The molecule has 1 aliphatic heterocycles. The first-order chi connectivity index (χ1) is 16.1. The molecular formula is C24H22N6O3. The fraction of sp³-hybridized carbons (Fsp3) is 0.250. The van der Waals surface area contributed by atoms with E-state index in [-0.39, 0.29) is 18.6 Å². The zero-order valence-corrected chi connectivity index (χ0v) is 18.3. The van der Waals surface area contributed by atoms with Gasteiger partial charge < -0.3 is 14.4 Å². The molecule has 0 N–H and O–H groups in total. The number of aryl methyl sites for hydroxylation is 1. The van der Waals surface area contributed by atoms with E-state index in [2.05, 4.69) is 27.0 Å². The van der Waals surface area contributed by atoms with Gasteiger partial charge in [0.05, 0.1) is 31.0 Å². The Labute approximate surface area is 190 Å². The number of nitrogens with zero attached hydrogens (tertiary/aromatic N) is 6. The summed E-state index contributed by atoms with van der Waals surface area (Å²) < 4.78 is 14.5. The first kappa shape index (κ1) is 20.6. The van der Waals surface area contributed by atoms with E-state index in [1.807, 2.05) is 37.6 Å². The Morgan fingerprint density at radius 1 is 1.18 bits per heavy atom. The smallest absolute Gasteiger partial charge is 0.410 e. The Hall–Kier alpha value is -4.32. The molecule has 4 aromatic rings. The maximum atomic E-state index is 12.2. The van der Waals surface area contributed by atoms with Gasteiger partial charge in [-0.3, -0.25) is 9.67 Å². The molecule has 0 aromatic carbocycles. The predicted octanol–water partition coefficient (Wildman–Crippen LogP) is 2.76. The van der Waals surface area contributed by atoms with Crippen LogP contribution in [0.1, 0.15) is 11.1 Å². The fourth-order valence-corrected chi connectivity index (χ4v) is 3.68. The summed E-state index contributed by atoms with van der Waals surface area (Å²) in [7, 11) is 3.51. The molecule has 5 heterocycles. The molecular weight excluding hydrogens is 420 g/mol. The van der Waals surface area contributed by atoms with Crippen molar-refractivity contribution in [1.29, 1.82) is 0 Å². The number of hydrogen-bond donors (Lipinski definition) is 0. The van der Waals surface area contributed by atoms with E-state index in [1.54, 1.807) is 46.0 Å².